The number of hydrogen-bond donors (Lipinski definition) is 0. The fourth-order valence-electron chi connectivity index (χ4n) is 1.43. The molecule has 6 heteroatoms. The van der Waals surface area contributed by atoms with E-state index in [2.05, 4.69) is 5.10 Å². The summed E-state index contributed by atoms with van der Waals surface area (Å²) < 4.78 is 1.19. The molecular formula is C11H9N3O3. The van der Waals surface area contributed by atoms with Crippen molar-refractivity contribution >= 4 is 11.6 Å². The first-order valence-corrected chi connectivity index (χ1v) is 4.89. The van der Waals surface area contributed by atoms with Crippen LogP contribution in [0.2, 0.25) is 0 Å². The lowest BCUT2D eigenvalue weighted by Crippen LogP contribution is -2.05. The summed E-state index contributed by atoms with van der Waals surface area (Å²) in [6.07, 6.45) is 1.52. The normalized spacial score (nSPS) is 10.2. The maximum atomic E-state index is 11.1. The average Bonchev–Trinajstić information content (AvgIpc) is 2.78. The Morgan fingerprint density at radius 3 is 2.76 bits per heavy atom. The van der Waals surface area contributed by atoms with Crippen LogP contribution in [0, 0.1) is 10.1 Å². The minimum atomic E-state index is -0.467. The van der Waals surface area contributed by atoms with E-state index in [0.717, 1.165) is 0 Å². The van der Waals surface area contributed by atoms with E-state index in [4.69, 9.17) is 0 Å². The lowest BCUT2D eigenvalue weighted by atomic mass is 10.1. The molecule has 6 nitrogen and oxygen atoms in total. The Morgan fingerprint density at radius 2 is 2.18 bits per heavy atom. The second-order valence-electron chi connectivity index (χ2n) is 3.47. The highest BCUT2D eigenvalue weighted by Crippen LogP contribution is 2.21. The van der Waals surface area contributed by atoms with Crippen LogP contribution in [-0.2, 0) is 0 Å². The van der Waals surface area contributed by atoms with Gasteiger partial charge >= 0.3 is 0 Å². The first-order valence-electron chi connectivity index (χ1n) is 4.89. The van der Waals surface area contributed by atoms with E-state index in [-0.39, 0.29) is 11.6 Å². The molecule has 0 radical (unpaired) electrons. The molecule has 0 atom stereocenters. The molecule has 2 aromatic rings. The number of benzene rings is 1. The fraction of sp³-hybridized carbons (Fsp3) is 0.0909. The summed E-state index contributed by atoms with van der Waals surface area (Å²) in [7, 11) is 0. The largest absolute Gasteiger partial charge is 0.273 e. The summed E-state index contributed by atoms with van der Waals surface area (Å²) in [5.74, 6) is -0.207. The van der Waals surface area contributed by atoms with Crippen molar-refractivity contribution in [3.05, 3.63) is 46.6 Å². The molecule has 0 aliphatic carbocycles. The highest BCUT2D eigenvalue weighted by Gasteiger charge is 2.09. The number of hydrogen-bond acceptors (Lipinski definition) is 4. The number of carbonyl (C=O) groups excluding carboxylic acids is 1. The molecule has 2 rings (SSSR count). The smallest absolute Gasteiger partial charge is 0.270 e. The Balaban J connectivity index is 2.42. The molecule has 0 saturated heterocycles. The van der Waals surface area contributed by atoms with E-state index in [1.165, 1.54) is 29.9 Å². The molecule has 0 bridgehead atoms. The number of nitro groups is 1. The molecule has 0 aliphatic heterocycles. The van der Waals surface area contributed by atoms with Crippen LogP contribution >= 0.6 is 0 Å². The Kier molecular flexibility index (Phi) is 2.70. The third-order valence-electron chi connectivity index (χ3n) is 2.26. The van der Waals surface area contributed by atoms with Crippen LogP contribution in [0.4, 0.5) is 5.69 Å². The highest BCUT2D eigenvalue weighted by molar-refractivity contribution is 5.76. The SMILES string of the molecule is CC(=O)n1ccc(-c2cccc([N+](=O)[O-])c2)n1. The molecule has 0 fully saturated rings. The zero-order chi connectivity index (χ0) is 12.4. The van der Waals surface area contributed by atoms with Crippen molar-refractivity contribution in [1.29, 1.82) is 0 Å². The van der Waals surface area contributed by atoms with Crippen molar-refractivity contribution in [2.45, 2.75) is 6.92 Å². The second kappa shape index (κ2) is 4.17. The van der Waals surface area contributed by atoms with Gasteiger partial charge in [-0.05, 0) is 6.07 Å². The molecule has 0 aliphatic rings. The number of carbonyl (C=O) groups is 1. The summed E-state index contributed by atoms with van der Waals surface area (Å²) in [5, 5.41) is 14.6. The van der Waals surface area contributed by atoms with E-state index < -0.39 is 4.92 Å². The van der Waals surface area contributed by atoms with Crippen LogP contribution in [0.3, 0.4) is 0 Å². The van der Waals surface area contributed by atoms with E-state index in [1.54, 1.807) is 18.2 Å². The van der Waals surface area contributed by atoms with Gasteiger partial charge in [-0.1, -0.05) is 12.1 Å². The molecule has 17 heavy (non-hydrogen) atoms. The fourth-order valence-corrected chi connectivity index (χ4v) is 1.43. The summed E-state index contributed by atoms with van der Waals surface area (Å²) >= 11 is 0. The quantitative estimate of drug-likeness (QED) is 0.585. The number of aromatic nitrogens is 2. The average molecular weight is 231 g/mol. The Labute approximate surface area is 96.6 Å². The zero-order valence-corrected chi connectivity index (χ0v) is 9.03. The van der Waals surface area contributed by atoms with E-state index >= 15 is 0 Å². The molecular weight excluding hydrogens is 222 g/mol. The number of nitrogens with zero attached hydrogens (tertiary/aromatic N) is 3. The Bertz CT molecular complexity index is 589. The van der Waals surface area contributed by atoms with Gasteiger partial charge in [-0.25, -0.2) is 4.68 Å². The number of nitro benzene ring substituents is 1. The van der Waals surface area contributed by atoms with Gasteiger partial charge in [-0.3, -0.25) is 14.9 Å². The van der Waals surface area contributed by atoms with Gasteiger partial charge < -0.3 is 0 Å². The van der Waals surface area contributed by atoms with Gasteiger partial charge in [0.15, 0.2) is 0 Å². The number of rotatable bonds is 2. The van der Waals surface area contributed by atoms with Crippen molar-refractivity contribution in [3.63, 3.8) is 0 Å². The minimum absolute atomic E-state index is 0.000116. The Hall–Kier alpha value is -2.50. The van der Waals surface area contributed by atoms with Gasteiger partial charge in [-0.15, -0.1) is 0 Å². The first kappa shape index (κ1) is 11.0. The van der Waals surface area contributed by atoms with Crippen LogP contribution in [0.15, 0.2) is 36.5 Å². The molecule has 0 spiro atoms. The molecule has 0 unspecified atom stereocenters. The lowest BCUT2D eigenvalue weighted by molar-refractivity contribution is -0.384. The molecule has 1 aromatic carbocycles. The van der Waals surface area contributed by atoms with E-state index in [9.17, 15) is 14.9 Å². The standard InChI is InChI=1S/C11H9N3O3/c1-8(15)13-6-5-11(12-13)9-3-2-4-10(7-9)14(16)17/h2-7H,1H3. The predicted molar refractivity (Wildman–Crippen MR) is 60.6 cm³/mol. The molecule has 1 heterocycles. The van der Waals surface area contributed by atoms with E-state index in [0.29, 0.717) is 11.3 Å². The molecule has 0 N–H and O–H groups in total. The second-order valence-corrected chi connectivity index (χ2v) is 3.47. The van der Waals surface area contributed by atoms with Crippen molar-refractivity contribution in [2.24, 2.45) is 0 Å². The third-order valence-corrected chi connectivity index (χ3v) is 2.26. The van der Waals surface area contributed by atoms with Gasteiger partial charge in [0, 0.05) is 30.8 Å². The number of non-ortho nitro benzene ring substituents is 1. The Morgan fingerprint density at radius 1 is 1.41 bits per heavy atom. The maximum Gasteiger partial charge on any atom is 0.270 e. The van der Waals surface area contributed by atoms with Crippen LogP contribution < -0.4 is 0 Å². The van der Waals surface area contributed by atoms with Gasteiger partial charge in [0.25, 0.3) is 5.69 Å². The highest BCUT2D eigenvalue weighted by atomic mass is 16.6. The van der Waals surface area contributed by atoms with Crippen molar-refractivity contribution in [2.75, 3.05) is 0 Å². The molecule has 86 valence electrons. The van der Waals surface area contributed by atoms with Gasteiger partial charge in [0.1, 0.15) is 0 Å². The van der Waals surface area contributed by atoms with Crippen molar-refractivity contribution in [1.82, 2.24) is 9.78 Å². The van der Waals surface area contributed by atoms with Crippen LogP contribution in [0.25, 0.3) is 11.3 Å². The minimum Gasteiger partial charge on any atom is -0.273 e. The van der Waals surface area contributed by atoms with Crippen molar-refractivity contribution < 1.29 is 9.72 Å². The topological polar surface area (TPSA) is 78.0 Å². The summed E-state index contributed by atoms with van der Waals surface area (Å²) in [4.78, 5) is 21.2. The van der Waals surface area contributed by atoms with Crippen LogP contribution in [0.5, 0.6) is 0 Å². The van der Waals surface area contributed by atoms with Crippen LogP contribution in [-0.4, -0.2) is 20.6 Å². The summed E-state index contributed by atoms with van der Waals surface area (Å²) in [6, 6.07) is 7.76. The van der Waals surface area contributed by atoms with E-state index in [1.807, 2.05) is 0 Å². The predicted octanol–water partition coefficient (Wildman–Crippen LogP) is 2.12. The monoisotopic (exact) mass is 231 g/mol. The third kappa shape index (κ3) is 2.20. The van der Waals surface area contributed by atoms with Gasteiger partial charge in [-0.2, -0.15) is 5.10 Å². The zero-order valence-electron chi connectivity index (χ0n) is 9.03. The molecule has 0 saturated carbocycles. The molecule has 1 aromatic heterocycles. The maximum absolute atomic E-state index is 11.1. The van der Waals surface area contributed by atoms with Gasteiger partial charge in [0.2, 0.25) is 5.91 Å². The summed E-state index contributed by atoms with van der Waals surface area (Å²) in [6.45, 7) is 1.39. The lowest BCUT2D eigenvalue weighted by Gasteiger charge is -1.96. The summed E-state index contributed by atoms with van der Waals surface area (Å²) in [5.41, 5.74) is 1.14. The van der Waals surface area contributed by atoms with Crippen molar-refractivity contribution in [3.8, 4) is 11.3 Å². The van der Waals surface area contributed by atoms with Crippen LogP contribution in [0.1, 0.15) is 11.7 Å². The molecule has 0 amide bonds. The first-order chi connectivity index (χ1) is 8.08. The van der Waals surface area contributed by atoms with Gasteiger partial charge in [0.05, 0.1) is 10.6 Å².